The molecular formula is C22H17N3O3. The summed E-state index contributed by atoms with van der Waals surface area (Å²) in [5.74, 6) is 6.30. The van der Waals surface area contributed by atoms with Gasteiger partial charge in [0.05, 0.1) is 13.0 Å². The fraction of sp³-hybridized carbons (Fsp3) is 0.136. The van der Waals surface area contributed by atoms with Gasteiger partial charge in [-0.05, 0) is 24.3 Å². The van der Waals surface area contributed by atoms with Gasteiger partial charge in [0.2, 0.25) is 5.91 Å². The number of aromatic nitrogens is 2. The number of carbonyl (C=O) groups is 1. The molecule has 1 N–H and O–H groups in total. The maximum absolute atomic E-state index is 12.1. The number of hydrogen-bond acceptors (Lipinski definition) is 5. The molecule has 0 radical (unpaired) electrons. The standard InChI is InChI=1S/C22H17N3O3/c26-21(15-18-17-9-1-2-10-19(17)28-25-18)23-12-3-4-14-27-20-11-5-7-16-8-6-13-24-22(16)20/h1-2,5-11,13H,12,14-15H2,(H,23,26). The Morgan fingerprint density at radius 2 is 1.96 bits per heavy atom. The first-order valence-electron chi connectivity index (χ1n) is 8.83. The third kappa shape index (κ3) is 3.94. The lowest BCUT2D eigenvalue weighted by Crippen LogP contribution is -2.25. The molecule has 0 aliphatic carbocycles. The van der Waals surface area contributed by atoms with Crippen LogP contribution >= 0.6 is 0 Å². The van der Waals surface area contributed by atoms with Gasteiger partial charge < -0.3 is 14.6 Å². The van der Waals surface area contributed by atoms with Gasteiger partial charge in [-0.25, -0.2) is 0 Å². The van der Waals surface area contributed by atoms with Crippen molar-refractivity contribution in [2.45, 2.75) is 6.42 Å². The van der Waals surface area contributed by atoms with E-state index >= 15 is 0 Å². The molecule has 28 heavy (non-hydrogen) atoms. The Bertz CT molecular complexity index is 1180. The second-order valence-electron chi connectivity index (χ2n) is 6.05. The van der Waals surface area contributed by atoms with Crippen LogP contribution in [0.5, 0.6) is 5.75 Å². The Hall–Kier alpha value is -3.85. The summed E-state index contributed by atoms with van der Waals surface area (Å²) >= 11 is 0. The summed E-state index contributed by atoms with van der Waals surface area (Å²) < 4.78 is 10.9. The van der Waals surface area contributed by atoms with E-state index in [1.807, 2.05) is 54.6 Å². The molecule has 2 aromatic carbocycles. The Morgan fingerprint density at radius 3 is 2.93 bits per heavy atom. The van der Waals surface area contributed by atoms with Crippen molar-refractivity contribution in [3.05, 3.63) is 66.5 Å². The number of nitrogens with zero attached hydrogens (tertiary/aromatic N) is 2. The van der Waals surface area contributed by atoms with Crippen LogP contribution in [0.1, 0.15) is 5.69 Å². The van der Waals surface area contributed by atoms with E-state index in [1.165, 1.54) is 0 Å². The molecule has 6 heteroatoms. The predicted octanol–water partition coefficient (Wildman–Crippen LogP) is 3.12. The first kappa shape index (κ1) is 17.6. The SMILES string of the molecule is O=C(Cc1noc2ccccc12)NCC#CCOc1cccc2cccnc12. The van der Waals surface area contributed by atoms with Crippen molar-refractivity contribution in [1.29, 1.82) is 0 Å². The van der Waals surface area contributed by atoms with Gasteiger partial charge in [0.15, 0.2) is 5.58 Å². The van der Waals surface area contributed by atoms with E-state index < -0.39 is 0 Å². The molecule has 4 rings (SSSR count). The predicted molar refractivity (Wildman–Crippen MR) is 106 cm³/mol. The highest BCUT2D eigenvalue weighted by Gasteiger charge is 2.11. The molecule has 0 fully saturated rings. The van der Waals surface area contributed by atoms with Gasteiger partial charge >= 0.3 is 0 Å². The van der Waals surface area contributed by atoms with Crippen molar-refractivity contribution in [2.24, 2.45) is 0 Å². The monoisotopic (exact) mass is 371 g/mol. The van der Waals surface area contributed by atoms with Crippen LogP contribution in [-0.2, 0) is 11.2 Å². The lowest BCUT2D eigenvalue weighted by molar-refractivity contribution is -0.120. The molecule has 0 saturated carbocycles. The first-order valence-corrected chi connectivity index (χ1v) is 8.83. The molecule has 6 nitrogen and oxygen atoms in total. The number of nitrogens with one attached hydrogen (secondary N) is 1. The van der Waals surface area contributed by atoms with Crippen LogP contribution in [0.15, 0.2) is 65.3 Å². The van der Waals surface area contributed by atoms with Gasteiger partial charge in [-0.1, -0.05) is 47.3 Å². The average molecular weight is 371 g/mol. The van der Waals surface area contributed by atoms with E-state index in [0.717, 1.165) is 16.3 Å². The topological polar surface area (TPSA) is 77.2 Å². The third-order valence-corrected chi connectivity index (χ3v) is 4.17. The second-order valence-corrected chi connectivity index (χ2v) is 6.05. The summed E-state index contributed by atoms with van der Waals surface area (Å²) in [6, 6.07) is 17.1. The molecule has 0 saturated heterocycles. The number of carbonyl (C=O) groups excluding carboxylic acids is 1. The molecule has 2 aromatic heterocycles. The molecule has 2 heterocycles. The zero-order valence-corrected chi connectivity index (χ0v) is 15.0. The van der Waals surface area contributed by atoms with Gasteiger partial charge in [-0.3, -0.25) is 9.78 Å². The van der Waals surface area contributed by atoms with E-state index in [0.29, 0.717) is 17.0 Å². The van der Waals surface area contributed by atoms with Crippen LogP contribution in [-0.4, -0.2) is 29.2 Å². The number of fused-ring (bicyclic) bond motifs is 2. The number of amides is 1. The maximum atomic E-state index is 12.1. The number of rotatable bonds is 5. The minimum absolute atomic E-state index is 0.150. The van der Waals surface area contributed by atoms with E-state index in [9.17, 15) is 4.79 Å². The maximum Gasteiger partial charge on any atom is 0.226 e. The number of ether oxygens (including phenoxy) is 1. The molecular weight excluding hydrogens is 354 g/mol. The molecule has 0 unspecified atom stereocenters. The molecule has 0 bridgehead atoms. The van der Waals surface area contributed by atoms with Crippen LogP contribution in [0.25, 0.3) is 21.9 Å². The van der Waals surface area contributed by atoms with Gasteiger partial charge in [0.1, 0.15) is 23.6 Å². The fourth-order valence-electron chi connectivity index (χ4n) is 2.84. The van der Waals surface area contributed by atoms with Gasteiger partial charge in [-0.2, -0.15) is 0 Å². The third-order valence-electron chi connectivity index (χ3n) is 4.17. The molecule has 4 aromatic rings. The highest BCUT2D eigenvalue weighted by molar-refractivity contribution is 5.86. The minimum Gasteiger partial charge on any atom is -0.479 e. The second kappa shape index (κ2) is 8.23. The summed E-state index contributed by atoms with van der Waals surface area (Å²) in [6.07, 6.45) is 1.88. The Morgan fingerprint density at radius 1 is 1.07 bits per heavy atom. The van der Waals surface area contributed by atoms with E-state index in [-0.39, 0.29) is 25.5 Å². The van der Waals surface area contributed by atoms with Crippen LogP contribution in [0.3, 0.4) is 0 Å². The van der Waals surface area contributed by atoms with Crippen LogP contribution in [0.2, 0.25) is 0 Å². The smallest absolute Gasteiger partial charge is 0.226 e. The van der Waals surface area contributed by atoms with Crippen molar-refractivity contribution in [3.8, 4) is 17.6 Å². The van der Waals surface area contributed by atoms with Crippen molar-refractivity contribution in [3.63, 3.8) is 0 Å². The Balaban J connectivity index is 1.26. The largest absolute Gasteiger partial charge is 0.479 e. The van der Waals surface area contributed by atoms with Crippen LogP contribution in [0, 0.1) is 11.8 Å². The molecule has 0 spiro atoms. The molecule has 138 valence electrons. The van der Waals surface area contributed by atoms with Crippen molar-refractivity contribution in [2.75, 3.05) is 13.2 Å². The summed E-state index contributed by atoms with van der Waals surface area (Å²) in [5.41, 5.74) is 2.10. The number of para-hydroxylation sites is 2. The highest BCUT2D eigenvalue weighted by Crippen LogP contribution is 2.22. The van der Waals surface area contributed by atoms with Crippen molar-refractivity contribution >= 4 is 27.8 Å². The Kier molecular flexibility index (Phi) is 5.16. The van der Waals surface area contributed by atoms with E-state index in [4.69, 9.17) is 9.26 Å². The zero-order chi connectivity index (χ0) is 19.2. The highest BCUT2D eigenvalue weighted by atomic mass is 16.5. The molecule has 0 aliphatic heterocycles. The quantitative estimate of drug-likeness (QED) is 0.546. The molecule has 1 amide bonds. The normalized spacial score (nSPS) is 10.4. The van der Waals surface area contributed by atoms with Crippen LogP contribution < -0.4 is 10.1 Å². The summed E-state index contributed by atoms with van der Waals surface area (Å²) in [7, 11) is 0. The lowest BCUT2D eigenvalue weighted by atomic mass is 10.1. The number of pyridine rings is 1. The van der Waals surface area contributed by atoms with Crippen LogP contribution in [0.4, 0.5) is 0 Å². The molecule has 0 aliphatic rings. The summed E-state index contributed by atoms with van der Waals surface area (Å²) in [6.45, 7) is 0.464. The van der Waals surface area contributed by atoms with Gasteiger partial charge in [-0.15, -0.1) is 0 Å². The number of hydrogen-bond donors (Lipinski definition) is 1. The van der Waals surface area contributed by atoms with Crippen molar-refractivity contribution in [1.82, 2.24) is 15.5 Å². The summed E-state index contributed by atoms with van der Waals surface area (Å²) in [5, 5.41) is 8.57. The lowest BCUT2D eigenvalue weighted by Gasteiger charge is -2.05. The number of benzene rings is 2. The van der Waals surface area contributed by atoms with Crippen molar-refractivity contribution < 1.29 is 14.1 Å². The zero-order valence-electron chi connectivity index (χ0n) is 15.0. The summed E-state index contributed by atoms with van der Waals surface area (Å²) in [4.78, 5) is 16.4. The van der Waals surface area contributed by atoms with Gasteiger partial charge in [0.25, 0.3) is 0 Å². The van der Waals surface area contributed by atoms with Gasteiger partial charge in [0, 0.05) is 17.0 Å². The minimum atomic E-state index is -0.160. The Labute approximate surface area is 161 Å². The first-order chi connectivity index (χ1) is 13.8. The van der Waals surface area contributed by atoms with E-state index in [2.05, 4.69) is 27.3 Å². The van der Waals surface area contributed by atoms with E-state index in [1.54, 1.807) is 6.20 Å². The fourth-order valence-corrected chi connectivity index (χ4v) is 2.84. The average Bonchev–Trinajstić information content (AvgIpc) is 3.13. The molecule has 0 atom stereocenters.